The molecular formula is C14H10O3S2. The maximum absolute atomic E-state index is 5.26. The van der Waals surface area contributed by atoms with Gasteiger partial charge in [-0.25, -0.2) is 0 Å². The lowest BCUT2D eigenvalue weighted by Gasteiger charge is -2.09. The molecule has 0 spiro atoms. The van der Waals surface area contributed by atoms with Gasteiger partial charge in [0.2, 0.25) is 0 Å². The number of thiocarbonyl (C=S) groups is 2. The highest BCUT2D eigenvalue weighted by Crippen LogP contribution is 2.12. The first kappa shape index (κ1) is 13.5. The van der Waals surface area contributed by atoms with Crippen molar-refractivity contribution in [2.75, 3.05) is 0 Å². The second-order valence-corrected chi connectivity index (χ2v) is 4.10. The van der Waals surface area contributed by atoms with Crippen LogP contribution in [0, 0.1) is 0 Å². The first-order chi connectivity index (χ1) is 9.24. The molecule has 0 aliphatic heterocycles. The molecule has 0 heterocycles. The van der Waals surface area contributed by atoms with E-state index in [0.29, 0.717) is 11.5 Å². The van der Waals surface area contributed by atoms with Crippen molar-refractivity contribution in [3.05, 3.63) is 60.7 Å². The van der Waals surface area contributed by atoms with Crippen molar-refractivity contribution in [3.63, 3.8) is 0 Å². The maximum Gasteiger partial charge on any atom is 0.366 e. The SMILES string of the molecule is S=C(OC(=S)Oc1ccccc1)Oc1ccccc1. The van der Waals surface area contributed by atoms with Gasteiger partial charge in [-0.3, -0.25) is 0 Å². The Morgan fingerprint density at radius 3 is 1.37 bits per heavy atom. The van der Waals surface area contributed by atoms with Crippen molar-refractivity contribution in [3.8, 4) is 11.5 Å². The minimum atomic E-state index is -0.105. The zero-order chi connectivity index (χ0) is 13.5. The summed E-state index contributed by atoms with van der Waals surface area (Å²) in [6.07, 6.45) is 0. The highest BCUT2D eigenvalue weighted by molar-refractivity contribution is 7.81. The van der Waals surface area contributed by atoms with Gasteiger partial charge in [-0.05, 0) is 24.3 Å². The van der Waals surface area contributed by atoms with E-state index in [0.717, 1.165) is 0 Å². The van der Waals surface area contributed by atoms with E-state index in [-0.39, 0.29) is 10.5 Å². The Kier molecular flexibility index (Phi) is 4.83. The molecule has 0 N–H and O–H groups in total. The molecule has 2 aromatic rings. The predicted octanol–water partition coefficient (Wildman–Crippen LogP) is 3.73. The van der Waals surface area contributed by atoms with Crippen LogP contribution in [0.3, 0.4) is 0 Å². The molecule has 5 heteroatoms. The summed E-state index contributed by atoms with van der Waals surface area (Å²) in [4.78, 5) is 0. The van der Waals surface area contributed by atoms with Crippen LogP contribution in [0.25, 0.3) is 0 Å². The molecule has 0 aliphatic carbocycles. The molecule has 96 valence electrons. The monoisotopic (exact) mass is 290 g/mol. The highest BCUT2D eigenvalue weighted by atomic mass is 32.1. The Morgan fingerprint density at radius 2 is 1.00 bits per heavy atom. The van der Waals surface area contributed by atoms with Gasteiger partial charge in [0.05, 0.1) is 0 Å². The summed E-state index contributed by atoms with van der Waals surface area (Å²) in [7, 11) is 0. The van der Waals surface area contributed by atoms with Gasteiger partial charge < -0.3 is 14.2 Å². The lowest BCUT2D eigenvalue weighted by Crippen LogP contribution is -2.18. The molecule has 0 bridgehead atoms. The molecular weight excluding hydrogens is 280 g/mol. The predicted molar refractivity (Wildman–Crippen MR) is 80.4 cm³/mol. The van der Waals surface area contributed by atoms with E-state index >= 15 is 0 Å². The average molecular weight is 290 g/mol. The number of para-hydroxylation sites is 2. The molecule has 3 nitrogen and oxygen atoms in total. The first-order valence-electron chi connectivity index (χ1n) is 5.45. The van der Waals surface area contributed by atoms with E-state index in [1.807, 2.05) is 36.4 Å². The number of ether oxygens (including phenoxy) is 3. The molecule has 0 radical (unpaired) electrons. The summed E-state index contributed by atoms with van der Waals surface area (Å²) in [6.45, 7) is 0. The Balaban J connectivity index is 1.84. The molecule has 2 aromatic carbocycles. The quantitative estimate of drug-likeness (QED) is 0.786. The summed E-state index contributed by atoms with van der Waals surface area (Å²) >= 11 is 9.83. The lowest BCUT2D eigenvalue weighted by atomic mass is 10.3. The maximum atomic E-state index is 5.26. The third-order valence-electron chi connectivity index (χ3n) is 2.06. The molecule has 19 heavy (non-hydrogen) atoms. The highest BCUT2D eigenvalue weighted by Gasteiger charge is 2.07. The average Bonchev–Trinajstić information content (AvgIpc) is 2.40. The van der Waals surface area contributed by atoms with Crippen LogP contribution in [-0.4, -0.2) is 10.5 Å². The molecule has 0 unspecified atom stereocenters. The van der Waals surface area contributed by atoms with E-state index < -0.39 is 0 Å². The number of rotatable bonds is 2. The summed E-state index contributed by atoms with van der Waals surface area (Å²) < 4.78 is 15.6. The van der Waals surface area contributed by atoms with Gasteiger partial charge in [-0.2, -0.15) is 0 Å². The van der Waals surface area contributed by atoms with Gasteiger partial charge in [0.25, 0.3) is 0 Å². The third kappa shape index (κ3) is 4.65. The molecule has 0 atom stereocenters. The van der Waals surface area contributed by atoms with Crippen LogP contribution in [0.1, 0.15) is 0 Å². The van der Waals surface area contributed by atoms with Crippen molar-refractivity contribution in [2.45, 2.75) is 0 Å². The van der Waals surface area contributed by atoms with Gasteiger partial charge in [0.1, 0.15) is 11.5 Å². The summed E-state index contributed by atoms with van der Waals surface area (Å²) in [5, 5.41) is -0.209. The van der Waals surface area contributed by atoms with Crippen molar-refractivity contribution < 1.29 is 14.2 Å². The third-order valence-corrected chi connectivity index (χ3v) is 2.39. The lowest BCUT2D eigenvalue weighted by molar-refractivity contribution is 0.337. The Morgan fingerprint density at radius 1 is 0.632 bits per heavy atom. The Bertz CT molecular complexity index is 504. The van der Waals surface area contributed by atoms with Crippen LogP contribution in [0.5, 0.6) is 11.5 Å². The fourth-order valence-electron chi connectivity index (χ4n) is 1.28. The molecule has 0 saturated heterocycles. The minimum Gasteiger partial charge on any atom is -0.417 e. The zero-order valence-corrected chi connectivity index (χ0v) is 11.4. The van der Waals surface area contributed by atoms with Gasteiger partial charge in [-0.1, -0.05) is 36.4 Å². The molecule has 0 saturated carbocycles. The molecule has 0 aromatic heterocycles. The van der Waals surface area contributed by atoms with Crippen LogP contribution in [-0.2, 0) is 4.74 Å². The van der Waals surface area contributed by atoms with Crippen LogP contribution in [0.15, 0.2) is 60.7 Å². The van der Waals surface area contributed by atoms with Gasteiger partial charge in [0, 0.05) is 24.4 Å². The summed E-state index contributed by atoms with van der Waals surface area (Å²) in [6, 6.07) is 18.1. The summed E-state index contributed by atoms with van der Waals surface area (Å²) in [5.41, 5.74) is 0. The van der Waals surface area contributed by atoms with E-state index in [1.165, 1.54) is 0 Å². The Hall–Kier alpha value is -1.98. The van der Waals surface area contributed by atoms with E-state index in [1.54, 1.807) is 24.3 Å². The van der Waals surface area contributed by atoms with Crippen LogP contribution in [0.4, 0.5) is 0 Å². The van der Waals surface area contributed by atoms with Crippen molar-refractivity contribution in [2.24, 2.45) is 0 Å². The first-order valence-corrected chi connectivity index (χ1v) is 6.27. The molecule has 0 aliphatic rings. The van der Waals surface area contributed by atoms with E-state index in [4.69, 9.17) is 38.6 Å². The van der Waals surface area contributed by atoms with Crippen molar-refractivity contribution in [1.82, 2.24) is 0 Å². The molecule has 2 rings (SSSR count). The fourth-order valence-corrected chi connectivity index (χ4v) is 1.68. The van der Waals surface area contributed by atoms with E-state index in [9.17, 15) is 0 Å². The number of benzene rings is 2. The van der Waals surface area contributed by atoms with E-state index in [2.05, 4.69) is 0 Å². The van der Waals surface area contributed by atoms with Gasteiger partial charge in [-0.15, -0.1) is 0 Å². The van der Waals surface area contributed by atoms with Crippen molar-refractivity contribution in [1.29, 1.82) is 0 Å². The molecule has 0 fully saturated rings. The standard InChI is InChI=1S/C14H10O3S2/c18-13(15-11-7-3-1-4-8-11)17-14(19)16-12-9-5-2-6-10-12/h1-10H. The van der Waals surface area contributed by atoms with Crippen LogP contribution < -0.4 is 9.47 Å². The topological polar surface area (TPSA) is 27.7 Å². The minimum absolute atomic E-state index is 0.105. The number of hydrogen-bond donors (Lipinski definition) is 0. The van der Waals surface area contributed by atoms with Crippen LogP contribution >= 0.6 is 24.4 Å². The smallest absolute Gasteiger partial charge is 0.366 e. The van der Waals surface area contributed by atoms with Crippen molar-refractivity contribution >= 4 is 34.9 Å². The normalized spacial score (nSPS) is 9.47. The molecule has 0 amide bonds. The second kappa shape index (κ2) is 6.82. The number of hydrogen-bond acceptors (Lipinski definition) is 5. The summed E-state index contributed by atoms with van der Waals surface area (Å²) in [5.74, 6) is 1.16. The largest absolute Gasteiger partial charge is 0.417 e. The second-order valence-electron chi connectivity index (χ2n) is 3.43. The van der Waals surface area contributed by atoms with Gasteiger partial charge >= 0.3 is 10.5 Å². The van der Waals surface area contributed by atoms with Gasteiger partial charge in [0.15, 0.2) is 0 Å². The fraction of sp³-hybridized carbons (Fsp3) is 0. The van der Waals surface area contributed by atoms with Crippen LogP contribution in [0.2, 0.25) is 0 Å². The Labute approximate surface area is 121 Å². The zero-order valence-electron chi connectivity index (χ0n) is 9.81.